The minimum Gasteiger partial charge on any atom is -0.480 e. The highest BCUT2D eigenvalue weighted by atomic mass is 32.2. The number of carbonyl (C=O) groups is 4. The van der Waals surface area contributed by atoms with Crippen LogP contribution in [-0.4, -0.2) is 77.0 Å². The summed E-state index contributed by atoms with van der Waals surface area (Å²) in [5.41, 5.74) is 5.89. The van der Waals surface area contributed by atoms with Gasteiger partial charge < -0.3 is 26.8 Å². The largest absolute Gasteiger partial charge is 0.480 e. The van der Waals surface area contributed by atoms with Crippen LogP contribution < -0.4 is 21.7 Å². The van der Waals surface area contributed by atoms with Gasteiger partial charge in [-0.2, -0.15) is 23.5 Å². The van der Waals surface area contributed by atoms with Gasteiger partial charge in [0.1, 0.15) is 18.1 Å². The summed E-state index contributed by atoms with van der Waals surface area (Å²) in [6.45, 7) is 7.14. The Hall–Kier alpha value is -1.46. The van der Waals surface area contributed by atoms with E-state index in [0.29, 0.717) is 17.9 Å². The average Bonchev–Trinajstić information content (AvgIpc) is 2.70. The van der Waals surface area contributed by atoms with Crippen molar-refractivity contribution in [2.75, 3.05) is 24.0 Å². The van der Waals surface area contributed by atoms with Gasteiger partial charge in [-0.05, 0) is 48.7 Å². The molecule has 4 atom stereocenters. The molecule has 0 radical (unpaired) electrons. The summed E-state index contributed by atoms with van der Waals surface area (Å²) in [5.74, 6) is -1.78. The Balaban J connectivity index is 5.33. The topological polar surface area (TPSA) is 151 Å². The van der Waals surface area contributed by atoms with Crippen molar-refractivity contribution < 1.29 is 24.3 Å². The zero-order chi connectivity index (χ0) is 24.1. The summed E-state index contributed by atoms with van der Waals surface area (Å²) in [6, 6.07) is -3.56. The van der Waals surface area contributed by atoms with Crippen LogP contribution in [0.2, 0.25) is 0 Å². The average molecular weight is 479 g/mol. The monoisotopic (exact) mass is 478 g/mol. The van der Waals surface area contributed by atoms with Crippen molar-refractivity contribution in [3.63, 3.8) is 0 Å². The van der Waals surface area contributed by atoms with E-state index in [9.17, 15) is 24.3 Å². The maximum Gasteiger partial charge on any atom is 0.326 e. The number of nitrogens with one attached hydrogen (secondary N) is 3. The molecular weight excluding hydrogens is 440 g/mol. The molecule has 0 aromatic heterocycles. The van der Waals surface area contributed by atoms with Gasteiger partial charge >= 0.3 is 5.97 Å². The first-order valence-electron chi connectivity index (χ1n) is 10.3. The quantitative estimate of drug-likeness (QED) is 0.230. The molecule has 0 rings (SSSR count). The number of nitrogens with two attached hydrogens (primary N) is 1. The number of rotatable bonds is 15. The fraction of sp³-hybridized carbons (Fsp3) is 0.800. The molecule has 3 amide bonds. The second-order valence-corrected chi connectivity index (χ2v) is 9.99. The van der Waals surface area contributed by atoms with Crippen LogP contribution in [0.25, 0.3) is 0 Å². The van der Waals surface area contributed by atoms with Gasteiger partial charge in [-0.25, -0.2) is 4.79 Å². The number of carbonyl (C=O) groups excluding carboxylic acids is 3. The molecule has 6 N–H and O–H groups in total. The molecule has 4 unspecified atom stereocenters. The van der Waals surface area contributed by atoms with Crippen LogP contribution in [0.3, 0.4) is 0 Å². The predicted molar refractivity (Wildman–Crippen MR) is 127 cm³/mol. The van der Waals surface area contributed by atoms with Crippen LogP contribution in [0.1, 0.15) is 40.5 Å². The molecule has 0 aliphatic rings. The molecule has 31 heavy (non-hydrogen) atoms. The third-order valence-electron chi connectivity index (χ3n) is 4.74. The zero-order valence-corrected chi connectivity index (χ0v) is 20.9. The number of carboxylic acid groups (broad SMARTS) is 1. The third kappa shape index (κ3) is 11.1. The number of carboxylic acids is 1. The van der Waals surface area contributed by atoms with E-state index in [-0.39, 0.29) is 18.3 Å². The van der Waals surface area contributed by atoms with E-state index in [1.165, 1.54) is 23.5 Å². The zero-order valence-electron chi connectivity index (χ0n) is 19.3. The summed E-state index contributed by atoms with van der Waals surface area (Å²) in [5, 5.41) is 17.2. The number of hydrogen-bond donors (Lipinski definition) is 5. The molecule has 0 bridgehead atoms. The lowest BCUT2D eigenvalue weighted by atomic mass is 10.0. The second-order valence-electron chi connectivity index (χ2n) is 8.02. The number of thioether (sulfide) groups is 2. The number of amides is 3. The molecule has 0 saturated carbocycles. The predicted octanol–water partition coefficient (Wildman–Crippen LogP) is 0.671. The molecule has 11 heteroatoms. The maximum atomic E-state index is 12.9. The maximum absolute atomic E-state index is 12.9. The minimum atomic E-state index is -1.12. The fourth-order valence-corrected chi connectivity index (χ4v) is 3.56. The molecule has 9 nitrogen and oxygen atoms in total. The van der Waals surface area contributed by atoms with Crippen LogP contribution in [0.5, 0.6) is 0 Å². The minimum absolute atomic E-state index is 0.0901. The molecule has 180 valence electrons. The van der Waals surface area contributed by atoms with Gasteiger partial charge in [-0.1, -0.05) is 27.7 Å². The van der Waals surface area contributed by atoms with E-state index in [1.54, 1.807) is 13.8 Å². The molecule has 0 saturated heterocycles. The first-order chi connectivity index (χ1) is 14.5. The van der Waals surface area contributed by atoms with Gasteiger partial charge in [0.2, 0.25) is 17.7 Å². The Morgan fingerprint density at radius 2 is 1.26 bits per heavy atom. The van der Waals surface area contributed by atoms with E-state index >= 15 is 0 Å². The summed E-state index contributed by atoms with van der Waals surface area (Å²) in [7, 11) is 0. The lowest BCUT2D eigenvalue weighted by Crippen LogP contribution is -2.58. The van der Waals surface area contributed by atoms with Crippen molar-refractivity contribution in [2.45, 2.75) is 64.7 Å². The van der Waals surface area contributed by atoms with Gasteiger partial charge in [0.05, 0.1) is 6.04 Å². The van der Waals surface area contributed by atoms with Gasteiger partial charge in [-0.3, -0.25) is 14.4 Å². The first kappa shape index (κ1) is 29.5. The normalized spacial score (nSPS) is 15.1. The van der Waals surface area contributed by atoms with Crippen molar-refractivity contribution in [1.29, 1.82) is 0 Å². The molecular formula is C20H38N4O5S2. The van der Waals surface area contributed by atoms with Crippen LogP contribution in [0, 0.1) is 11.8 Å². The number of hydrogen-bond acceptors (Lipinski definition) is 7. The molecule has 0 heterocycles. The lowest BCUT2D eigenvalue weighted by molar-refractivity contribution is -0.142. The van der Waals surface area contributed by atoms with E-state index in [0.717, 1.165) is 0 Å². The Kier molecular flexibility index (Phi) is 14.6. The van der Waals surface area contributed by atoms with Crippen molar-refractivity contribution in [3.8, 4) is 0 Å². The highest BCUT2D eigenvalue weighted by molar-refractivity contribution is 7.98. The molecule has 0 aliphatic heterocycles. The molecule has 0 fully saturated rings. The van der Waals surface area contributed by atoms with Gasteiger partial charge in [0, 0.05) is 0 Å². The summed E-state index contributed by atoms with van der Waals surface area (Å²) >= 11 is 3.02. The van der Waals surface area contributed by atoms with Crippen molar-refractivity contribution in [1.82, 2.24) is 16.0 Å². The van der Waals surface area contributed by atoms with Crippen LogP contribution >= 0.6 is 23.5 Å². The van der Waals surface area contributed by atoms with Crippen molar-refractivity contribution >= 4 is 47.2 Å². The Labute approximate surface area is 193 Å². The van der Waals surface area contributed by atoms with E-state index in [1.807, 2.05) is 26.4 Å². The Morgan fingerprint density at radius 3 is 1.68 bits per heavy atom. The summed E-state index contributed by atoms with van der Waals surface area (Å²) in [6.07, 6.45) is 4.40. The van der Waals surface area contributed by atoms with Crippen molar-refractivity contribution in [2.24, 2.45) is 17.6 Å². The Bertz CT molecular complexity index is 604. The van der Waals surface area contributed by atoms with Crippen LogP contribution in [-0.2, 0) is 19.2 Å². The van der Waals surface area contributed by atoms with E-state index in [2.05, 4.69) is 16.0 Å². The Morgan fingerprint density at radius 1 is 0.774 bits per heavy atom. The van der Waals surface area contributed by atoms with Crippen LogP contribution in [0.4, 0.5) is 0 Å². The van der Waals surface area contributed by atoms with Gasteiger partial charge in [-0.15, -0.1) is 0 Å². The third-order valence-corrected chi connectivity index (χ3v) is 6.02. The van der Waals surface area contributed by atoms with Gasteiger partial charge in [0.15, 0.2) is 0 Å². The highest BCUT2D eigenvalue weighted by Gasteiger charge is 2.31. The summed E-state index contributed by atoms with van der Waals surface area (Å²) in [4.78, 5) is 49.5. The van der Waals surface area contributed by atoms with E-state index < -0.39 is 47.9 Å². The van der Waals surface area contributed by atoms with Crippen molar-refractivity contribution in [3.05, 3.63) is 0 Å². The molecule has 0 aromatic carbocycles. The molecule has 0 aromatic rings. The molecule has 0 aliphatic carbocycles. The standard InChI is InChI=1S/C20H38N4O5S2/c1-11(2)15(21)18(26)22-13(7-9-30-5)17(25)24-16(12(3)4)19(27)23-14(20(28)29)8-10-31-6/h11-16H,7-10,21H2,1-6H3,(H,22,26)(H,23,27)(H,24,25)(H,28,29). The fourth-order valence-electron chi connectivity index (χ4n) is 2.62. The number of aliphatic carboxylic acids is 1. The first-order valence-corrected chi connectivity index (χ1v) is 13.1. The summed E-state index contributed by atoms with van der Waals surface area (Å²) < 4.78 is 0. The second kappa shape index (κ2) is 15.4. The SMILES string of the molecule is CSCCC(NC(=O)C(NC(=O)C(CCSC)NC(=O)C(N)C(C)C)C(C)C)C(=O)O. The smallest absolute Gasteiger partial charge is 0.326 e. The van der Waals surface area contributed by atoms with Gasteiger partial charge in [0.25, 0.3) is 0 Å². The highest BCUT2D eigenvalue weighted by Crippen LogP contribution is 2.09. The van der Waals surface area contributed by atoms with Crippen LogP contribution in [0.15, 0.2) is 0 Å². The van der Waals surface area contributed by atoms with E-state index in [4.69, 9.17) is 5.73 Å². The molecule has 0 spiro atoms. The lowest BCUT2D eigenvalue weighted by Gasteiger charge is -2.27.